The van der Waals surface area contributed by atoms with Crippen molar-refractivity contribution in [3.05, 3.63) is 0 Å². The second-order valence-electron chi connectivity index (χ2n) is 5.40. The second-order valence-corrected chi connectivity index (χ2v) is 13.7. The molecular weight excluding hydrogens is 408 g/mol. The van der Waals surface area contributed by atoms with Crippen LogP contribution in [0.4, 0.5) is 0 Å². The van der Waals surface area contributed by atoms with Crippen LogP contribution >= 0.6 is 63.3 Å². The molecule has 11 heteroatoms. The first-order chi connectivity index (χ1) is 9.07. The predicted octanol–water partition coefficient (Wildman–Crippen LogP) is 4.17. The van der Waals surface area contributed by atoms with E-state index in [2.05, 4.69) is 0 Å². The van der Waals surface area contributed by atoms with Gasteiger partial charge in [-0.3, -0.25) is 0 Å². The Kier molecular flexibility index (Phi) is 5.74. The van der Waals surface area contributed by atoms with Crippen LogP contribution in [0.2, 0.25) is 0 Å². The first-order valence-electron chi connectivity index (χ1n) is 5.95. The van der Waals surface area contributed by atoms with Crippen molar-refractivity contribution >= 4 is 69.2 Å². The van der Waals surface area contributed by atoms with Gasteiger partial charge in [-0.15, -0.1) is 0 Å². The zero-order valence-electron chi connectivity index (χ0n) is 11.4. The minimum atomic E-state index is -5.43. The van der Waals surface area contributed by atoms with Crippen molar-refractivity contribution < 1.29 is 23.8 Å². The molecule has 1 saturated carbocycles. The number of rotatable bonds is 5. The summed E-state index contributed by atoms with van der Waals surface area (Å²) in [5, 5.41) is 0. The molecule has 2 N–H and O–H groups in total. The predicted molar refractivity (Wildman–Crippen MR) is 85.6 cm³/mol. The van der Waals surface area contributed by atoms with Crippen LogP contribution in [0.1, 0.15) is 20.8 Å². The Morgan fingerprint density at radius 3 is 2.14 bits per heavy atom. The van der Waals surface area contributed by atoms with Crippen molar-refractivity contribution in [2.24, 2.45) is 17.3 Å². The van der Waals surface area contributed by atoms with Gasteiger partial charge in [-0.1, -0.05) is 0 Å². The van der Waals surface area contributed by atoms with Crippen molar-refractivity contribution in [3.8, 4) is 0 Å². The number of esters is 1. The molecule has 0 aromatic carbocycles. The zero-order chi connectivity index (χ0) is 16.9. The maximum absolute atomic E-state index is 11.9. The van der Waals surface area contributed by atoms with E-state index in [-0.39, 0.29) is 6.61 Å². The summed E-state index contributed by atoms with van der Waals surface area (Å²) in [5.74, 6) is -7.20. The van der Waals surface area contributed by atoms with Crippen LogP contribution in [0.25, 0.3) is 0 Å². The fraction of sp³-hybridized carbons (Fsp3) is 0.900. The van der Waals surface area contributed by atoms with Gasteiger partial charge in [-0.25, -0.2) is 0 Å². The molecule has 1 aliphatic carbocycles. The molecule has 0 radical (unpaired) electrons. The number of halogens is 5. The summed E-state index contributed by atoms with van der Waals surface area (Å²) in [6, 6.07) is 0. The van der Waals surface area contributed by atoms with Crippen molar-refractivity contribution in [1.29, 1.82) is 0 Å². The van der Waals surface area contributed by atoms with E-state index >= 15 is 0 Å². The number of alkyl halides is 3. The molecule has 0 aromatic rings. The van der Waals surface area contributed by atoms with Gasteiger partial charge in [0, 0.05) is 0 Å². The molecule has 0 heterocycles. The van der Waals surface area contributed by atoms with Crippen molar-refractivity contribution in [2.45, 2.75) is 30.7 Å². The van der Waals surface area contributed by atoms with Gasteiger partial charge in [0.2, 0.25) is 0 Å². The molecule has 5 nitrogen and oxygen atoms in total. The Bertz CT molecular complexity index is 421. The average molecular weight is 424 g/mol. The van der Waals surface area contributed by atoms with Gasteiger partial charge in [0.1, 0.15) is 0 Å². The Balaban J connectivity index is 3.05. The first kappa shape index (κ1) is 20.3. The van der Waals surface area contributed by atoms with E-state index in [0.717, 1.165) is 0 Å². The van der Waals surface area contributed by atoms with Gasteiger partial charge in [-0.05, 0) is 0 Å². The Labute approximate surface area is 147 Å². The van der Waals surface area contributed by atoms with Crippen LogP contribution in [0.3, 0.4) is 0 Å². The van der Waals surface area contributed by atoms with Crippen molar-refractivity contribution in [2.75, 3.05) is 6.61 Å². The number of carbonyl (C=O) groups is 1. The van der Waals surface area contributed by atoms with E-state index in [4.69, 9.17) is 66.5 Å². The molecule has 1 rings (SSSR count). The average Bonchev–Trinajstić information content (AvgIpc) is 2.74. The van der Waals surface area contributed by atoms with E-state index in [1.54, 1.807) is 20.8 Å². The molecule has 126 valence electrons. The van der Waals surface area contributed by atoms with Gasteiger partial charge in [0.25, 0.3) is 0 Å². The summed E-state index contributed by atoms with van der Waals surface area (Å²) in [7, 11) is 0. The summed E-state index contributed by atoms with van der Waals surface area (Å²) in [5.41, 5.74) is -0.636. The zero-order valence-corrected chi connectivity index (χ0v) is 16.1. The fourth-order valence-electron chi connectivity index (χ4n) is 2.44. The summed E-state index contributed by atoms with van der Waals surface area (Å²) >= 11 is 28.1. The van der Waals surface area contributed by atoms with Crippen LogP contribution in [-0.4, -0.2) is 32.3 Å². The van der Waals surface area contributed by atoms with Crippen LogP contribution in [0.5, 0.6) is 0 Å². The second kappa shape index (κ2) is 5.94. The number of hydrogen-bond donors (Lipinski definition) is 2. The summed E-state index contributed by atoms with van der Waals surface area (Å²) < 4.78 is 7.75. The number of hydrogen-bond acceptors (Lipinski definition) is 5. The van der Waals surface area contributed by atoms with Gasteiger partial charge in [0.05, 0.1) is 0 Å². The molecule has 0 bridgehead atoms. The monoisotopic (exact) mass is 422 g/mol. The molecule has 1 fully saturated rings. The Morgan fingerprint density at radius 1 is 1.33 bits per heavy atom. The van der Waals surface area contributed by atoms with E-state index in [0.29, 0.717) is 0 Å². The van der Waals surface area contributed by atoms with Gasteiger partial charge < -0.3 is 0 Å². The van der Waals surface area contributed by atoms with Gasteiger partial charge in [0.15, 0.2) is 0 Å². The third-order valence-electron chi connectivity index (χ3n) is 3.39. The molecule has 0 aliphatic heterocycles. The summed E-state index contributed by atoms with van der Waals surface area (Å²) in [6.07, 6.45) is -1.39. The maximum atomic E-state index is 11.9. The molecule has 0 saturated heterocycles. The number of carbonyl (C=O) groups excluding carboxylic acids is 1. The first-order valence-corrected chi connectivity index (χ1v) is 11.0. The van der Waals surface area contributed by atoms with Crippen LogP contribution in [0.15, 0.2) is 0 Å². The summed E-state index contributed by atoms with van der Waals surface area (Å²) in [4.78, 5) is 30.9. The molecule has 3 unspecified atom stereocenters. The molecule has 0 aromatic heterocycles. The molecule has 21 heavy (non-hydrogen) atoms. The topological polar surface area (TPSA) is 76.0 Å². The quantitative estimate of drug-likeness (QED) is 0.394. The Morgan fingerprint density at radius 2 is 1.81 bits per heavy atom. The fourth-order valence-corrected chi connectivity index (χ4v) is 4.35. The van der Waals surface area contributed by atoms with Crippen LogP contribution in [0, 0.1) is 17.3 Å². The molecule has 0 spiro atoms. The SMILES string of the molecule is CCOC(=O)C1C(C(OP(O)(O)(Cl)Cl)C(Cl)(Cl)Cl)C1(C)C. The van der Waals surface area contributed by atoms with Crippen molar-refractivity contribution in [1.82, 2.24) is 0 Å². The normalized spacial score (nSPS) is 28.4. The van der Waals surface area contributed by atoms with E-state index in [9.17, 15) is 14.6 Å². The third kappa shape index (κ3) is 5.37. The molecular formula is C10H16Cl5O5P. The van der Waals surface area contributed by atoms with E-state index in [1.165, 1.54) is 0 Å². The third-order valence-corrected chi connectivity index (χ3v) is 5.09. The van der Waals surface area contributed by atoms with Crippen LogP contribution in [-0.2, 0) is 14.1 Å². The molecule has 1 aliphatic rings. The minimum absolute atomic E-state index is 0.196. The van der Waals surface area contributed by atoms with Crippen LogP contribution < -0.4 is 0 Å². The van der Waals surface area contributed by atoms with Gasteiger partial charge >= 0.3 is 148 Å². The number of ether oxygens (including phenoxy) is 1. The van der Waals surface area contributed by atoms with Gasteiger partial charge in [-0.2, -0.15) is 0 Å². The van der Waals surface area contributed by atoms with E-state index < -0.39 is 39.1 Å². The van der Waals surface area contributed by atoms with E-state index in [1.807, 2.05) is 0 Å². The molecule has 3 atom stereocenters. The summed E-state index contributed by atoms with van der Waals surface area (Å²) in [6.45, 7) is 5.33. The van der Waals surface area contributed by atoms with Crippen molar-refractivity contribution in [3.63, 3.8) is 0 Å². The Hall–Kier alpha value is 1.23. The standard InChI is InChI=1S/C10H16Cl5O5P/c1-4-19-8(16)6-5(9(6,2)3)7(10(11,12)13)20-21(14,15,17)18/h5-7,17-18H,4H2,1-3H3. The molecule has 0 amide bonds.